The van der Waals surface area contributed by atoms with Gasteiger partial charge in [-0.1, -0.05) is 29.3 Å². The highest BCUT2D eigenvalue weighted by Crippen LogP contribution is 2.36. The average Bonchev–Trinajstić information content (AvgIpc) is 2.37. The zero-order valence-corrected chi connectivity index (χ0v) is 11.0. The summed E-state index contributed by atoms with van der Waals surface area (Å²) in [5, 5.41) is 11.3. The van der Waals surface area contributed by atoms with Crippen LogP contribution in [0, 0.1) is 10.1 Å². The largest absolute Gasteiger partial charge is 0.455 e. The average molecular weight is 299 g/mol. The first-order valence-electron chi connectivity index (χ1n) is 5.15. The van der Waals surface area contributed by atoms with Crippen LogP contribution in [0.1, 0.15) is 0 Å². The summed E-state index contributed by atoms with van der Waals surface area (Å²) in [4.78, 5) is 10.2. The van der Waals surface area contributed by atoms with Crippen LogP contribution in [0.3, 0.4) is 0 Å². The van der Waals surface area contributed by atoms with Gasteiger partial charge in [0.05, 0.1) is 16.0 Å². The number of anilines is 1. The van der Waals surface area contributed by atoms with Crippen LogP contribution in [0.25, 0.3) is 0 Å². The van der Waals surface area contributed by atoms with Gasteiger partial charge >= 0.3 is 0 Å². The molecule has 2 aromatic rings. The van der Waals surface area contributed by atoms with Crippen LogP contribution in [0.15, 0.2) is 36.4 Å². The van der Waals surface area contributed by atoms with Crippen molar-refractivity contribution in [2.75, 3.05) is 5.73 Å². The van der Waals surface area contributed by atoms with E-state index in [1.165, 1.54) is 18.2 Å². The lowest BCUT2D eigenvalue weighted by atomic mass is 10.2. The Kier molecular flexibility index (Phi) is 3.78. The van der Waals surface area contributed by atoms with Gasteiger partial charge in [-0.3, -0.25) is 10.1 Å². The fourth-order valence-electron chi connectivity index (χ4n) is 1.43. The molecular weight excluding hydrogens is 291 g/mol. The SMILES string of the molecule is Nc1ccc(Oc2cccc(Cl)c2Cl)cc1[N+](=O)[O-]. The summed E-state index contributed by atoms with van der Waals surface area (Å²) in [5.41, 5.74) is 5.33. The van der Waals surface area contributed by atoms with Crippen molar-refractivity contribution in [1.29, 1.82) is 0 Å². The molecule has 0 saturated carbocycles. The molecule has 0 heterocycles. The number of nitro groups is 1. The number of nitrogens with zero attached hydrogens (tertiary/aromatic N) is 1. The minimum atomic E-state index is -0.582. The van der Waals surface area contributed by atoms with Gasteiger partial charge in [0.15, 0.2) is 0 Å². The number of nitrogen functional groups attached to an aromatic ring is 1. The lowest BCUT2D eigenvalue weighted by Crippen LogP contribution is -1.96. The molecular formula is C12H8Cl2N2O3. The number of hydrogen-bond acceptors (Lipinski definition) is 4. The molecule has 5 nitrogen and oxygen atoms in total. The second-order valence-corrected chi connectivity index (χ2v) is 4.42. The molecule has 0 radical (unpaired) electrons. The smallest absolute Gasteiger partial charge is 0.295 e. The molecule has 19 heavy (non-hydrogen) atoms. The fourth-order valence-corrected chi connectivity index (χ4v) is 1.77. The minimum absolute atomic E-state index is 0.0644. The van der Waals surface area contributed by atoms with Crippen LogP contribution in [0.4, 0.5) is 11.4 Å². The van der Waals surface area contributed by atoms with Gasteiger partial charge < -0.3 is 10.5 Å². The van der Waals surface area contributed by atoms with E-state index in [1.54, 1.807) is 18.2 Å². The van der Waals surface area contributed by atoms with Gasteiger partial charge in [-0.25, -0.2) is 0 Å². The Morgan fingerprint density at radius 2 is 1.95 bits per heavy atom. The molecule has 0 saturated heterocycles. The van der Waals surface area contributed by atoms with Crippen LogP contribution in [0.5, 0.6) is 11.5 Å². The van der Waals surface area contributed by atoms with E-state index >= 15 is 0 Å². The molecule has 98 valence electrons. The highest BCUT2D eigenvalue weighted by atomic mass is 35.5. The van der Waals surface area contributed by atoms with Crippen molar-refractivity contribution in [2.24, 2.45) is 0 Å². The molecule has 0 bridgehead atoms. The molecule has 2 rings (SSSR count). The molecule has 0 aliphatic heterocycles. The van der Waals surface area contributed by atoms with Gasteiger partial charge in [0.25, 0.3) is 5.69 Å². The Morgan fingerprint density at radius 3 is 2.63 bits per heavy atom. The quantitative estimate of drug-likeness (QED) is 0.521. The maximum absolute atomic E-state index is 10.8. The summed E-state index contributed by atoms with van der Waals surface area (Å²) in [6, 6.07) is 9.02. The lowest BCUT2D eigenvalue weighted by Gasteiger charge is -2.08. The van der Waals surface area contributed by atoms with Gasteiger partial charge in [0, 0.05) is 0 Å². The van der Waals surface area contributed by atoms with Gasteiger partial charge in [-0.15, -0.1) is 0 Å². The molecule has 2 N–H and O–H groups in total. The van der Waals surface area contributed by atoms with Crippen molar-refractivity contribution in [3.63, 3.8) is 0 Å². The van der Waals surface area contributed by atoms with Crippen LogP contribution in [0.2, 0.25) is 10.0 Å². The maximum Gasteiger partial charge on any atom is 0.295 e. The van der Waals surface area contributed by atoms with Gasteiger partial charge in [-0.2, -0.15) is 0 Å². The first-order chi connectivity index (χ1) is 8.99. The summed E-state index contributed by atoms with van der Waals surface area (Å²) in [6.07, 6.45) is 0. The first-order valence-corrected chi connectivity index (χ1v) is 5.90. The molecule has 0 fully saturated rings. The molecule has 0 spiro atoms. The van der Waals surface area contributed by atoms with Crippen molar-refractivity contribution in [2.45, 2.75) is 0 Å². The predicted molar refractivity (Wildman–Crippen MR) is 74.0 cm³/mol. The van der Waals surface area contributed by atoms with Crippen molar-refractivity contribution in [1.82, 2.24) is 0 Å². The highest BCUT2D eigenvalue weighted by molar-refractivity contribution is 6.42. The van der Waals surface area contributed by atoms with Gasteiger partial charge in [0.2, 0.25) is 0 Å². The Hall–Kier alpha value is -1.98. The van der Waals surface area contributed by atoms with Crippen LogP contribution < -0.4 is 10.5 Å². The summed E-state index contributed by atoms with van der Waals surface area (Å²) in [6.45, 7) is 0. The molecule has 0 amide bonds. The van der Waals surface area contributed by atoms with Crippen molar-refractivity contribution in [3.05, 3.63) is 56.6 Å². The third-order valence-corrected chi connectivity index (χ3v) is 3.14. The number of nitrogens with two attached hydrogens (primary N) is 1. The normalized spacial score (nSPS) is 10.2. The maximum atomic E-state index is 10.8. The molecule has 7 heteroatoms. The highest BCUT2D eigenvalue weighted by Gasteiger charge is 2.14. The number of halogens is 2. The zero-order chi connectivity index (χ0) is 14.0. The lowest BCUT2D eigenvalue weighted by molar-refractivity contribution is -0.384. The van der Waals surface area contributed by atoms with E-state index in [1.807, 2.05) is 0 Å². The first kappa shape index (κ1) is 13.5. The van der Waals surface area contributed by atoms with Crippen molar-refractivity contribution in [3.8, 4) is 11.5 Å². The molecule has 0 aliphatic carbocycles. The number of hydrogen-bond donors (Lipinski definition) is 1. The summed E-state index contributed by atoms with van der Waals surface area (Å²) < 4.78 is 5.46. The van der Waals surface area contributed by atoms with E-state index < -0.39 is 4.92 Å². The summed E-state index contributed by atoms with van der Waals surface area (Å²) >= 11 is 11.8. The third kappa shape index (κ3) is 2.89. The number of benzene rings is 2. The van der Waals surface area contributed by atoms with E-state index in [0.717, 1.165) is 0 Å². The Balaban J connectivity index is 2.36. The van der Waals surface area contributed by atoms with Crippen LogP contribution >= 0.6 is 23.2 Å². The van der Waals surface area contributed by atoms with E-state index in [-0.39, 0.29) is 22.1 Å². The topological polar surface area (TPSA) is 78.4 Å². The van der Waals surface area contributed by atoms with E-state index in [0.29, 0.717) is 10.8 Å². The minimum Gasteiger partial charge on any atom is -0.455 e. The number of ether oxygens (including phenoxy) is 1. The molecule has 0 atom stereocenters. The van der Waals surface area contributed by atoms with E-state index in [4.69, 9.17) is 33.7 Å². The summed E-state index contributed by atoms with van der Waals surface area (Å²) in [5.74, 6) is 0.568. The van der Waals surface area contributed by atoms with E-state index in [9.17, 15) is 10.1 Å². The predicted octanol–water partition coefficient (Wildman–Crippen LogP) is 4.28. The Morgan fingerprint density at radius 1 is 1.21 bits per heavy atom. The molecule has 0 aliphatic rings. The standard InChI is InChI=1S/C12H8Cl2N2O3/c13-8-2-1-3-11(12(8)14)19-7-4-5-9(15)10(6-7)16(17)18/h1-6H,15H2. The molecule has 0 aromatic heterocycles. The molecule has 2 aromatic carbocycles. The fraction of sp³-hybridized carbons (Fsp3) is 0. The van der Waals surface area contributed by atoms with Crippen molar-refractivity contribution < 1.29 is 9.66 Å². The number of rotatable bonds is 3. The van der Waals surface area contributed by atoms with Gasteiger partial charge in [-0.05, 0) is 24.3 Å². The molecule has 0 unspecified atom stereocenters. The second-order valence-electron chi connectivity index (χ2n) is 3.63. The number of nitro benzene ring substituents is 1. The van der Waals surface area contributed by atoms with Crippen LogP contribution in [-0.4, -0.2) is 4.92 Å². The monoisotopic (exact) mass is 298 g/mol. The third-order valence-electron chi connectivity index (χ3n) is 2.34. The van der Waals surface area contributed by atoms with Gasteiger partial charge in [0.1, 0.15) is 22.2 Å². The summed E-state index contributed by atoms with van der Waals surface area (Å²) in [7, 11) is 0. The van der Waals surface area contributed by atoms with E-state index in [2.05, 4.69) is 0 Å². The van der Waals surface area contributed by atoms with Crippen molar-refractivity contribution >= 4 is 34.6 Å². The Labute approximate surface area is 118 Å². The second kappa shape index (κ2) is 5.34. The zero-order valence-electron chi connectivity index (χ0n) is 9.47. The Bertz CT molecular complexity index is 647. The van der Waals surface area contributed by atoms with Crippen LogP contribution in [-0.2, 0) is 0 Å².